The van der Waals surface area contributed by atoms with Crippen LogP contribution in [0.25, 0.3) is 0 Å². The predicted molar refractivity (Wildman–Crippen MR) is 157 cm³/mol. The van der Waals surface area contributed by atoms with Crippen LogP contribution >= 0.6 is 11.8 Å². The highest BCUT2D eigenvalue weighted by atomic mass is 32.2. The maximum Gasteiger partial charge on any atom is 0.326 e. The molecule has 0 aromatic rings. The van der Waals surface area contributed by atoms with Crippen LogP contribution in [0.3, 0.4) is 0 Å². The fourth-order valence-corrected chi connectivity index (χ4v) is 3.97. The zero-order chi connectivity index (χ0) is 30.5. The topological polar surface area (TPSA) is 305 Å². The molecule has 0 rings (SSSR count). The number of thioether (sulfide) groups is 1. The SMILES string of the molecule is CSCCC(NC(=O)C(CCCCN)NC(=O)C(N)CCCN=C(N)N)C(=O)NC(CCCN=C(N)N)C(=O)O. The Bertz CT molecular complexity index is 851. The summed E-state index contributed by atoms with van der Waals surface area (Å²) >= 11 is 1.46. The van der Waals surface area contributed by atoms with E-state index < -0.39 is 47.9 Å². The predicted octanol–water partition coefficient (Wildman–Crippen LogP) is -3.16. The molecule has 0 spiro atoms. The van der Waals surface area contributed by atoms with Gasteiger partial charge in [-0.1, -0.05) is 0 Å². The molecule has 0 heterocycles. The Morgan fingerprint density at radius 2 is 1.20 bits per heavy atom. The molecule has 4 unspecified atom stereocenters. The van der Waals surface area contributed by atoms with E-state index in [0.29, 0.717) is 44.5 Å². The number of nitrogens with two attached hydrogens (primary N) is 6. The number of hydrogen-bond acceptors (Lipinski definition) is 9. The lowest BCUT2D eigenvalue weighted by Crippen LogP contribution is -2.57. The van der Waals surface area contributed by atoms with Gasteiger partial charge in [0, 0.05) is 13.1 Å². The summed E-state index contributed by atoms with van der Waals surface area (Å²) in [5, 5.41) is 17.4. The number of hydrogen-bond donors (Lipinski definition) is 10. The van der Waals surface area contributed by atoms with Crippen molar-refractivity contribution >= 4 is 47.4 Å². The van der Waals surface area contributed by atoms with Crippen molar-refractivity contribution in [3.63, 3.8) is 0 Å². The van der Waals surface area contributed by atoms with E-state index >= 15 is 0 Å². The number of carbonyl (C=O) groups is 4. The van der Waals surface area contributed by atoms with Crippen molar-refractivity contribution in [3.05, 3.63) is 0 Å². The van der Waals surface area contributed by atoms with Gasteiger partial charge < -0.3 is 55.5 Å². The summed E-state index contributed by atoms with van der Waals surface area (Å²) in [6.07, 6.45) is 4.68. The Morgan fingerprint density at radius 3 is 1.70 bits per heavy atom. The van der Waals surface area contributed by atoms with E-state index in [2.05, 4.69) is 25.9 Å². The van der Waals surface area contributed by atoms with E-state index in [4.69, 9.17) is 34.4 Å². The lowest BCUT2D eigenvalue weighted by Gasteiger charge is -2.25. The standard InChI is InChI=1S/C23H47N11O5S/c1-40-13-9-16(20(37)34-17(21(38)39)8-5-12-31-23(28)29)33-19(36)15(7-2-3-10-24)32-18(35)14(25)6-4-11-30-22(26)27/h14-17H,2-13,24-25H2,1H3,(H,32,35)(H,33,36)(H,34,37)(H,38,39)(H4,26,27,30)(H4,28,29,31). The second kappa shape index (κ2) is 21.5. The maximum absolute atomic E-state index is 13.2. The van der Waals surface area contributed by atoms with Gasteiger partial charge in [0.2, 0.25) is 17.7 Å². The molecular formula is C23H47N11O5S. The first-order valence-corrected chi connectivity index (χ1v) is 14.5. The van der Waals surface area contributed by atoms with Crippen LogP contribution in [0.15, 0.2) is 9.98 Å². The molecule has 0 aliphatic rings. The largest absolute Gasteiger partial charge is 0.480 e. The number of rotatable bonds is 22. The fraction of sp³-hybridized carbons (Fsp3) is 0.739. The maximum atomic E-state index is 13.2. The molecule has 0 aliphatic heterocycles. The highest BCUT2D eigenvalue weighted by Gasteiger charge is 2.30. The molecule has 230 valence electrons. The molecule has 4 atom stereocenters. The van der Waals surface area contributed by atoms with Gasteiger partial charge >= 0.3 is 5.97 Å². The number of unbranched alkanes of at least 4 members (excludes halogenated alkanes) is 1. The fourth-order valence-electron chi connectivity index (χ4n) is 3.50. The van der Waals surface area contributed by atoms with Crippen molar-refractivity contribution in [2.75, 3.05) is 31.6 Å². The number of guanidine groups is 2. The highest BCUT2D eigenvalue weighted by Crippen LogP contribution is 2.08. The Hall–Kier alpha value is -3.31. The lowest BCUT2D eigenvalue weighted by molar-refractivity contribution is -0.142. The quantitative estimate of drug-likeness (QED) is 0.0340. The number of carbonyl (C=O) groups excluding carboxylic acids is 3. The molecule has 0 bridgehead atoms. The summed E-state index contributed by atoms with van der Waals surface area (Å²) in [5.41, 5.74) is 32.7. The first-order chi connectivity index (χ1) is 18.9. The van der Waals surface area contributed by atoms with Crippen molar-refractivity contribution in [1.82, 2.24) is 16.0 Å². The molecule has 0 aliphatic carbocycles. The van der Waals surface area contributed by atoms with Crippen molar-refractivity contribution in [2.45, 2.75) is 75.5 Å². The summed E-state index contributed by atoms with van der Waals surface area (Å²) in [5.74, 6) is -2.65. The van der Waals surface area contributed by atoms with E-state index in [1.54, 1.807) is 0 Å². The molecule has 0 saturated heterocycles. The molecule has 17 heteroatoms. The van der Waals surface area contributed by atoms with Crippen LogP contribution < -0.4 is 50.4 Å². The number of aliphatic carboxylic acids is 1. The molecule has 0 saturated carbocycles. The minimum absolute atomic E-state index is 0.0599. The third-order valence-electron chi connectivity index (χ3n) is 5.69. The van der Waals surface area contributed by atoms with Gasteiger partial charge in [0.1, 0.15) is 18.1 Å². The van der Waals surface area contributed by atoms with Crippen LogP contribution in [0.2, 0.25) is 0 Å². The van der Waals surface area contributed by atoms with Crippen molar-refractivity contribution < 1.29 is 24.3 Å². The normalized spacial score (nSPS) is 13.7. The zero-order valence-electron chi connectivity index (χ0n) is 23.1. The average Bonchev–Trinajstić information content (AvgIpc) is 2.89. The van der Waals surface area contributed by atoms with Crippen molar-refractivity contribution in [1.29, 1.82) is 0 Å². The minimum Gasteiger partial charge on any atom is -0.480 e. The molecule has 0 aromatic carbocycles. The minimum atomic E-state index is -1.23. The molecule has 40 heavy (non-hydrogen) atoms. The Labute approximate surface area is 239 Å². The number of aliphatic imine (C=N–C) groups is 2. The number of nitrogens with one attached hydrogen (secondary N) is 3. The van der Waals surface area contributed by atoms with Crippen molar-refractivity contribution in [2.24, 2.45) is 44.4 Å². The van der Waals surface area contributed by atoms with Crippen LogP contribution in [0, 0.1) is 0 Å². The van der Waals surface area contributed by atoms with Gasteiger partial charge in [-0.2, -0.15) is 11.8 Å². The van der Waals surface area contributed by atoms with Gasteiger partial charge in [-0.05, 0) is 69.9 Å². The van der Waals surface area contributed by atoms with E-state index in [-0.39, 0.29) is 44.1 Å². The highest BCUT2D eigenvalue weighted by molar-refractivity contribution is 7.98. The van der Waals surface area contributed by atoms with E-state index in [1.165, 1.54) is 11.8 Å². The summed E-state index contributed by atoms with van der Waals surface area (Å²) in [4.78, 5) is 58.3. The molecule has 16 nitrogen and oxygen atoms in total. The van der Waals surface area contributed by atoms with Gasteiger partial charge in [-0.3, -0.25) is 24.4 Å². The Kier molecular flexibility index (Phi) is 19.7. The van der Waals surface area contributed by atoms with E-state index in [0.717, 1.165) is 0 Å². The van der Waals surface area contributed by atoms with Crippen LogP contribution in [0.5, 0.6) is 0 Å². The van der Waals surface area contributed by atoms with E-state index in [1.807, 2.05) is 6.26 Å². The first-order valence-electron chi connectivity index (χ1n) is 13.1. The molecule has 0 fully saturated rings. The summed E-state index contributed by atoms with van der Waals surface area (Å²) in [7, 11) is 0. The first kappa shape index (κ1) is 36.7. The molecular weight excluding hydrogens is 542 g/mol. The monoisotopic (exact) mass is 589 g/mol. The third kappa shape index (κ3) is 17.3. The molecule has 0 radical (unpaired) electrons. The van der Waals surface area contributed by atoms with Crippen LogP contribution in [-0.4, -0.2) is 96.5 Å². The molecule has 16 N–H and O–H groups in total. The second-order valence-electron chi connectivity index (χ2n) is 9.09. The number of carboxylic acids is 1. The van der Waals surface area contributed by atoms with Crippen molar-refractivity contribution in [3.8, 4) is 0 Å². The Morgan fingerprint density at radius 1 is 0.725 bits per heavy atom. The number of amides is 3. The van der Waals surface area contributed by atoms with Gasteiger partial charge in [0.25, 0.3) is 0 Å². The van der Waals surface area contributed by atoms with Gasteiger partial charge in [-0.25, -0.2) is 4.79 Å². The molecule has 0 aromatic heterocycles. The third-order valence-corrected chi connectivity index (χ3v) is 6.33. The van der Waals surface area contributed by atoms with Crippen LogP contribution in [0.1, 0.15) is 51.4 Å². The summed E-state index contributed by atoms with van der Waals surface area (Å²) in [6, 6.07) is -4.10. The van der Waals surface area contributed by atoms with E-state index in [9.17, 15) is 24.3 Å². The number of nitrogens with zero attached hydrogens (tertiary/aromatic N) is 2. The Balaban J connectivity index is 5.41. The average molecular weight is 590 g/mol. The smallest absolute Gasteiger partial charge is 0.326 e. The van der Waals surface area contributed by atoms with Gasteiger partial charge in [0.05, 0.1) is 6.04 Å². The van der Waals surface area contributed by atoms with Crippen LogP contribution in [-0.2, 0) is 19.2 Å². The van der Waals surface area contributed by atoms with Crippen LogP contribution in [0.4, 0.5) is 0 Å². The number of carboxylic acid groups (broad SMARTS) is 1. The molecule has 3 amide bonds. The van der Waals surface area contributed by atoms with Gasteiger partial charge in [0.15, 0.2) is 11.9 Å². The lowest BCUT2D eigenvalue weighted by atomic mass is 10.1. The summed E-state index contributed by atoms with van der Waals surface area (Å²) < 4.78 is 0. The summed E-state index contributed by atoms with van der Waals surface area (Å²) in [6.45, 7) is 0.919. The zero-order valence-corrected chi connectivity index (χ0v) is 24.0. The van der Waals surface area contributed by atoms with Gasteiger partial charge in [-0.15, -0.1) is 0 Å². The second-order valence-corrected chi connectivity index (χ2v) is 10.1.